The van der Waals surface area contributed by atoms with Crippen molar-refractivity contribution in [1.29, 1.82) is 0 Å². The summed E-state index contributed by atoms with van der Waals surface area (Å²) in [6.07, 6.45) is 0.450. The Hall–Kier alpha value is -3.82. The number of hydrogen-bond acceptors (Lipinski definition) is 5. The lowest BCUT2D eigenvalue weighted by Crippen LogP contribution is -2.37. The fraction of sp³-hybridized carbons (Fsp3) is 0.261. The first-order valence-electron chi connectivity index (χ1n) is 10.5. The highest BCUT2D eigenvalue weighted by atomic mass is 19.4. The molecule has 0 bridgehead atoms. The Bertz CT molecular complexity index is 1430. The second kappa shape index (κ2) is 6.84. The van der Waals surface area contributed by atoms with Crippen molar-refractivity contribution in [2.24, 2.45) is 0 Å². The summed E-state index contributed by atoms with van der Waals surface area (Å²) in [4.78, 5) is 23.9. The summed E-state index contributed by atoms with van der Waals surface area (Å²) in [6, 6.07) is 8.21. The van der Waals surface area contributed by atoms with Crippen LogP contribution in [0.1, 0.15) is 40.4 Å². The van der Waals surface area contributed by atoms with Crippen molar-refractivity contribution in [3.8, 4) is 5.75 Å². The van der Waals surface area contributed by atoms with Crippen LogP contribution in [0.4, 0.5) is 19.0 Å². The van der Waals surface area contributed by atoms with Crippen LogP contribution in [0.3, 0.4) is 0 Å². The number of hydrogen-bond donors (Lipinski definition) is 1. The quantitative estimate of drug-likeness (QED) is 0.502. The summed E-state index contributed by atoms with van der Waals surface area (Å²) in [5.74, 6) is 0.314. The van der Waals surface area contributed by atoms with Crippen molar-refractivity contribution < 1.29 is 22.7 Å². The Balaban J connectivity index is 1.39. The Morgan fingerprint density at radius 3 is 2.73 bits per heavy atom. The van der Waals surface area contributed by atoms with Crippen LogP contribution in [0.25, 0.3) is 16.6 Å². The topological polar surface area (TPSA) is 85.8 Å². The zero-order valence-electron chi connectivity index (χ0n) is 17.2. The first-order valence-corrected chi connectivity index (χ1v) is 10.5. The van der Waals surface area contributed by atoms with Crippen LogP contribution >= 0.6 is 0 Å². The molecule has 0 spiro atoms. The Labute approximate surface area is 185 Å². The third-order valence-electron chi connectivity index (χ3n) is 6.23. The molecule has 0 saturated heterocycles. The number of fused-ring (bicyclic) bond motifs is 4. The van der Waals surface area contributed by atoms with Crippen LogP contribution in [0.15, 0.2) is 48.9 Å². The first kappa shape index (κ1) is 19.8. The van der Waals surface area contributed by atoms with E-state index >= 15 is 0 Å². The lowest BCUT2D eigenvalue weighted by atomic mass is 10.0. The predicted molar refractivity (Wildman–Crippen MR) is 114 cm³/mol. The van der Waals surface area contributed by atoms with Gasteiger partial charge in [0.15, 0.2) is 0 Å². The van der Waals surface area contributed by atoms with Crippen LogP contribution in [-0.4, -0.2) is 37.8 Å². The van der Waals surface area contributed by atoms with Gasteiger partial charge in [-0.25, -0.2) is 9.97 Å². The number of benzene rings is 2. The van der Waals surface area contributed by atoms with Crippen LogP contribution in [0, 0.1) is 0 Å². The molecule has 2 aromatic heterocycles. The van der Waals surface area contributed by atoms with Crippen molar-refractivity contribution in [3.63, 3.8) is 0 Å². The number of anilines is 1. The second-order valence-electron chi connectivity index (χ2n) is 8.37. The Morgan fingerprint density at radius 1 is 1.15 bits per heavy atom. The number of aromatic nitrogens is 3. The molecule has 1 aliphatic heterocycles. The number of nitrogens with zero attached hydrogens (tertiary/aromatic N) is 4. The molecule has 168 valence electrons. The normalized spacial score (nSPS) is 17.8. The van der Waals surface area contributed by atoms with Gasteiger partial charge in [-0.15, -0.1) is 0 Å². The number of rotatable bonds is 3. The number of nitrogen functional groups attached to an aromatic ring is 1. The van der Waals surface area contributed by atoms with E-state index in [0.717, 1.165) is 25.0 Å². The molecule has 6 rings (SSSR count). The Kier molecular flexibility index (Phi) is 4.11. The average Bonchev–Trinajstić information content (AvgIpc) is 3.32. The summed E-state index contributed by atoms with van der Waals surface area (Å²) >= 11 is 0. The lowest BCUT2D eigenvalue weighted by Gasteiger charge is -2.28. The van der Waals surface area contributed by atoms with Gasteiger partial charge in [0.2, 0.25) is 0 Å². The first-order chi connectivity index (χ1) is 15.8. The molecule has 2 aromatic carbocycles. The highest BCUT2D eigenvalue weighted by molar-refractivity contribution is 5.98. The Morgan fingerprint density at radius 2 is 1.97 bits per heavy atom. The van der Waals surface area contributed by atoms with Gasteiger partial charge in [0, 0.05) is 17.2 Å². The number of carbonyl (C=O) groups excluding carboxylic acids is 1. The largest absolute Gasteiger partial charge is 0.491 e. The smallest absolute Gasteiger partial charge is 0.416 e. The zero-order chi connectivity index (χ0) is 22.9. The second-order valence-corrected chi connectivity index (χ2v) is 8.37. The molecule has 2 N–H and O–H groups in total. The molecule has 1 fully saturated rings. The molecule has 0 radical (unpaired) electrons. The van der Waals surface area contributed by atoms with Gasteiger partial charge in [-0.05, 0) is 43.2 Å². The van der Waals surface area contributed by atoms with Crippen LogP contribution in [0.5, 0.6) is 5.75 Å². The van der Waals surface area contributed by atoms with E-state index < -0.39 is 17.8 Å². The summed E-state index contributed by atoms with van der Waals surface area (Å²) < 4.78 is 46.7. The van der Waals surface area contributed by atoms with Crippen LogP contribution < -0.4 is 10.5 Å². The van der Waals surface area contributed by atoms with E-state index in [1.165, 1.54) is 6.07 Å². The molecule has 1 aliphatic carbocycles. The number of alkyl halides is 3. The highest BCUT2D eigenvalue weighted by Gasteiger charge is 2.43. The van der Waals surface area contributed by atoms with E-state index in [9.17, 15) is 18.0 Å². The molecule has 33 heavy (non-hydrogen) atoms. The van der Waals surface area contributed by atoms with E-state index in [1.807, 2.05) is 0 Å². The number of nitrogens with two attached hydrogens (primary N) is 1. The molecule has 4 aromatic rings. The number of carbonyl (C=O) groups is 1. The zero-order valence-corrected chi connectivity index (χ0v) is 17.2. The van der Waals surface area contributed by atoms with Crippen molar-refractivity contribution in [1.82, 2.24) is 19.3 Å². The van der Waals surface area contributed by atoms with E-state index in [-0.39, 0.29) is 24.3 Å². The molecule has 2 aliphatic rings. The van der Waals surface area contributed by atoms with Gasteiger partial charge in [0.1, 0.15) is 23.7 Å². The summed E-state index contributed by atoms with van der Waals surface area (Å²) in [5, 5.41) is 0. The van der Waals surface area contributed by atoms with E-state index in [0.29, 0.717) is 33.5 Å². The van der Waals surface area contributed by atoms with Gasteiger partial charge in [0.25, 0.3) is 5.91 Å². The molecular formula is C23H18F3N5O2. The van der Waals surface area contributed by atoms with Gasteiger partial charge >= 0.3 is 6.18 Å². The fourth-order valence-corrected chi connectivity index (χ4v) is 4.47. The summed E-state index contributed by atoms with van der Waals surface area (Å²) in [6.45, 7) is 0.121. The fourth-order valence-electron chi connectivity index (χ4n) is 4.47. The van der Waals surface area contributed by atoms with Gasteiger partial charge in [-0.1, -0.05) is 6.07 Å². The van der Waals surface area contributed by atoms with Gasteiger partial charge < -0.3 is 15.4 Å². The highest BCUT2D eigenvalue weighted by Crippen LogP contribution is 2.44. The average molecular weight is 453 g/mol. The van der Waals surface area contributed by atoms with Crippen molar-refractivity contribution in [3.05, 3.63) is 65.6 Å². The van der Waals surface area contributed by atoms with Crippen molar-refractivity contribution in [2.45, 2.75) is 31.1 Å². The van der Waals surface area contributed by atoms with Crippen LogP contribution in [-0.2, 0) is 6.18 Å². The van der Waals surface area contributed by atoms with Crippen molar-refractivity contribution in [2.75, 3.05) is 12.3 Å². The lowest BCUT2D eigenvalue weighted by molar-refractivity contribution is -0.137. The monoisotopic (exact) mass is 453 g/mol. The minimum Gasteiger partial charge on any atom is -0.491 e. The standard InChI is InChI=1S/C23H18F3N5O2/c24-23(25,26)13-2-5-15-19(10-33-20(15)8-13)31(14-3-4-14)22(32)12-1-6-16-17(7-12)30-11-28-9-18(30)21(27)29-16/h1-2,5-9,11,14,19H,3-4,10H2,(H2,27,29). The predicted octanol–water partition coefficient (Wildman–Crippen LogP) is 4.22. The van der Waals surface area contributed by atoms with E-state index in [2.05, 4.69) is 9.97 Å². The maximum atomic E-state index is 13.7. The number of ether oxygens (including phenoxy) is 1. The van der Waals surface area contributed by atoms with Crippen molar-refractivity contribution >= 4 is 28.3 Å². The number of halogens is 3. The molecule has 1 amide bonds. The molecule has 10 heteroatoms. The number of amides is 1. The van der Waals surface area contributed by atoms with Gasteiger partial charge in [-0.3, -0.25) is 9.20 Å². The van der Waals surface area contributed by atoms with Gasteiger partial charge in [0.05, 0.1) is 35.2 Å². The molecule has 1 unspecified atom stereocenters. The molecular weight excluding hydrogens is 435 g/mol. The van der Waals surface area contributed by atoms with Crippen LogP contribution in [0.2, 0.25) is 0 Å². The summed E-state index contributed by atoms with van der Waals surface area (Å²) in [5.41, 5.74) is 8.24. The minimum atomic E-state index is -4.45. The maximum Gasteiger partial charge on any atom is 0.416 e. The van der Waals surface area contributed by atoms with E-state index in [1.54, 1.807) is 40.0 Å². The van der Waals surface area contributed by atoms with E-state index in [4.69, 9.17) is 10.5 Å². The maximum absolute atomic E-state index is 13.7. The molecule has 1 atom stereocenters. The number of imidazole rings is 1. The molecule has 1 saturated carbocycles. The van der Waals surface area contributed by atoms with Gasteiger partial charge in [-0.2, -0.15) is 13.2 Å². The third kappa shape index (κ3) is 3.16. The minimum absolute atomic E-state index is 0.0212. The SMILES string of the molecule is Nc1nc2ccc(C(=O)N(C3CC3)C3COc4cc(C(F)(F)F)ccc43)cc2n2cncc12. The molecule has 3 heterocycles. The molecule has 7 nitrogen and oxygen atoms in total. The summed E-state index contributed by atoms with van der Waals surface area (Å²) in [7, 11) is 0. The third-order valence-corrected chi connectivity index (χ3v) is 6.23.